The Bertz CT molecular complexity index is 721. The van der Waals surface area contributed by atoms with Crippen LogP contribution in [0.1, 0.15) is 12.8 Å². The van der Waals surface area contributed by atoms with Crippen LogP contribution in [0.25, 0.3) is 11.0 Å². The lowest BCUT2D eigenvalue weighted by Gasteiger charge is -2.38. The van der Waals surface area contributed by atoms with Crippen LogP contribution in [0.3, 0.4) is 0 Å². The lowest BCUT2D eigenvalue weighted by Crippen LogP contribution is -2.44. The molecule has 134 valence electrons. The van der Waals surface area contributed by atoms with Crippen molar-refractivity contribution < 1.29 is 4.74 Å². The normalized spacial score (nSPS) is 19.8. The number of fused-ring (bicyclic) bond motifs is 1. The molecule has 0 bridgehead atoms. The van der Waals surface area contributed by atoms with E-state index in [-0.39, 0.29) is 0 Å². The van der Waals surface area contributed by atoms with E-state index in [0.29, 0.717) is 6.04 Å². The van der Waals surface area contributed by atoms with Crippen molar-refractivity contribution in [2.75, 3.05) is 63.3 Å². The zero-order valence-corrected chi connectivity index (χ0v) is 15.2. The van der Waals surface area contributed by atoms with Crippen LogP contribution in [0.2, 0.25) is 0 Å². The first-order chi connectivity index (χ1) is 12.2. The van der Waals surface area contributed by atoms with Crippen LogP contribution in [-0.4, -0.2) is 74.4 Å². The highest BCUT2D eigenvalue weighted by atomic mass is 16.5. The molecule has 2 saturated heterocycles. The summed E-state index contributed by atoms with van der Waals surface area (Å²) in [7, 11) is 4.35. The summed E-state index contributed by atoms with van der Waals surface area (Å²) in [4.78, 5) is 17.1. The summed E-state index contributed by atoms with van der Waals surface area (Å²) < 4.78 is 5.53. The fourth-order valence-corrected chi connectivity index (χ4v) is 3.77. The fourth-order valence-electron chi connectivity index (χ4n) is 3.77. The molecule has 4 rings (SSSR count). The van der Waals surface area contributed by atoms with Gasteiger partial charge in [0.15, 0.2) is 11.6 Å². The number of para-hydroxylation sites is 2. The van der Waals surface area contributed by atoms with Gasteiger partial charge in [0.25, 0.3) is 0 Å². The number of hydrogen-bond acceptors (Lipinski definition) is 6. The van der Waals surface area contributed by atoms with E-state index in [1.807, 2.05) is 18.2 Å². The average Bonchev–Trinajstić information content (AvgIpc) is 2.68. The molecule has 0 unspecified atom stereocenters. The minimum atomic E-state index is 0.663. The van der Waals surface area contributed by atoms with E-state index < -0.39 is 0 Å². The number of piperidine rings is 1. The maximum atomic E-state index is 5.53. The van der Waals surface area contributed by atoms with Gasteiger partial charge in [-0.2, -0.15) is 0 Å². The van der Waals surface area contributed by atoms with E-state index in [9.17, 15) is 0 Å². The Hall–Kier alpha value is -1.92. The van der Waals surface area contributed by atoms with E-state index in [1.54, 1.807) is 0 Å². The Morgan fingerprint density at radius 3 is 1.92 bits per heavy atom. The number of benzene rings is 1. The van der Waals surface area contributed by atoms with Gasteiger partial charge in [-0.15, -0.1) is 0 Å². The Labute approximate surface area is 149 Å². The lowest BCUT2D eigenvalue weighted by atomic mass is 10.0. The standard InChI is InChI=1S/C19H27N5O/c1-22(2)15-7-9-23(10-8-15)18-19(24-11-13-25-14-12-24)21-17-6-4-3-5-16(17)20-18/h3-6,15H,7-14H2,1-2H3. The van der Waals surface area contributed by atoms with E-state index in [1.165, 1.54) is 12.8 Å². The van der Waals surface area contributed by atoms with Gasteiger partial charge in [-0.1, -0.05) is 12.1 Å². The van der Waals surface area contributed by atoms with Crippen LogP contribution in [0.5, 0.6) is 0 Å². The van der Waals surface area contributed by atoms with Gasteiger partial charge < -0.3 is 19.4 Å². The summed E-state index contributed by atoms with van der Waals surface area (Å²) in [6, 6.07) is 8.84. The second kappa shape index (κ2) is 7.14. The van der Waals surface area contributed by atoms with Gasteiger partial charge >= 0.3 is 0 Å². The summed E-state index contributed by atoms with van der Waals surface area (Å²) in [6.45, 7) is 5.36. The molecule has 2 aliphatic rings. The Morgan fingerprint density at radius 2 is 1.40 bits per heavy atom. The minimum absolute atomic E-state index is 0.663. The zero-order valence-electron chi connectivity index (χ0n) is 15.2. The highest BCUT2D eigenvalue weighted by Gasteiger charge is 2.26. The molecule has 25 heavy (non-hydrogen) atoms. The largest absolute Gasteiger partial charge is 0.378 e. The molecule has 2 fully saturated rings. The second-order valence-corrected chi connectivity index (χ2v) is 7.14. The molecule has 0 spiro atoms. The van der Waals surface area contributed by atoms with E-state index in [2.05, 4.69) is 34.9 Å². The number of morpholine rings is 1. The molecule has 0 amide bonds. The highest BCUT2D eigenvalue weighted by molar-refractivity contribution is 5.81. The molecule has 6 nitrogen and oxygen atoms in total. The number of nitrogens with zero attached hydrogens (tertiary/aromatic N) is 5. The van der Waals surface area contributed by atoms with Gasteiger partial charge in [-0.05, 0) is 39.1 Å². The molecular weight excluding hydrogens is 314 g/mol. The maximum Gasteiger partial charge on any atom is 0.172 e. The van der Waals surface area contributed by atoms with Crippen molar-refractivity contribution in [2.24, 2.45) is 0 Å². The Kier molecular flexibility index (Phi) is 4.72. The molecule has 1 aromatic heterocycles. The van der Waals surface area contributed by atoms with Crippen LogP contribution < -0.4 is 9.80 Å². The number of ether oxygens (including phenoxy) is 1. The SMILES string of the molecule is CN(C)C1CCN(c2nc3ccccc3nc2N2CCOCC2)CC1. The number of anilines is 2. The molecule has 2 aromatic rings. The summed E-state index contributed by atoms with van der Waals surface area (Å²) >= 11 is 0. The minimum Gasteiger partial charge on any atom is -0.378 e. The molecule has 0 saturated carbocycles. The quantitative estimate of drug-likeness (QED) is 0.851. The van der Waals surface area contributed by atoms with Crippen LogP contribution >= 0.6 is 0 Å². The molecule has 0 aliphatic carbocycles. The van der Waals surface area contributed by atoms with Gasteiger partial charge in [0.2, 0.25) is 0 Å². The average molecular weight is 341 g/mol. The number of aromatic nitrogens is 2. The molecule has 1 aromatic carbocycles. The lowest BCUT2D eigenvalue weighted by molar-refractivity contribution is 0.122. The molecule has 0 atom stereocenters. The third kappa shape index (κ3) is 3.41. The van der Waals surface area contributed by atoms with Crippen molar-refractivity contribution in [3.8, 4) is 0 Å². The van der Waals surface area contributed by atoms with Gasteiger partial charge in [0.05, 0.1) is 24.2 Å². The zero-order chi connectivity index (χ0) is 17.2. The summed E-state index contributed by atoms with van der Waals surface area (Å²) in [5.41, 5.74) is 1.94. The third-order valence-electron chi connectivity index (χ3n) is 5.34. The number of hydrogen-bond donors (Lipinski definition) is 0. The summed E-state index contributed by atoms with van der Waals surface area (Å²) in [5, 5.41) is 0. The maximum absolute atomic E-state index is 5.53. The third-order valence-corrected chi connectivity index (χ3v) is 5.34. The Morgan fingerprint density at radius 1 is 0.880 bits per heavy atom. The predicted molar refractivity (Wildman–Crippen MR) is 101 cm³/mol. The van der Waals surface area contributed by atoms with E-state index in [4.69, 9.17) is 14.7 Å². The highest BCUT2D eigenvalue weighted by Crippen LogP contribution is 2.31. The van der Waals surface area contributed by atoms with Crippen molar-refractivity contribution in [3.63, 3.8) is 0 Å². The van der Waals surface area contributed by atoms with Gasteiger partial charge in [-0.3, -0.25) is 0 Å². The fraction of sp³-hybridized carbons (Fsp3) is 0.579. The first-order valence-corrected chi connectivity index (χ1v) is 9.23. The molecule has 2 aliphatic heterocycles. The van der Waals surface area contributed by atoms with E-state index >= 15 is 0 Å². The Balaban J connectivity index is 1.68. The molecule has 0 radical (unpaired) electrons. The van der Waals surface area contributed by atoms with Crippen molar-refractivity contribution >= 4 is 22.7 Å². The summed E-state index contributed by atoms with van der Waals surface area (Å²) in [6.07, 6.45) is 2.34. The van der Waals surface area contributed by atoms with Crippen molar-refractivity contribution in [1.29, 1.82) is 0 Å². The van der Waals surface area contributed by atoms with Crippen molar-refractivity contribution in [2.45, 2.75) is 18.9 Å². The monoisotopic (exact) mass is 341 g/mol. The van der Waals surface area contributed by atoms with Crippen LogP contribution in [0.4, 0.5) is 11.6 Å². The van der Waals surface area contributed by atoms with Gasteiger partial charge in [0.1, 0.15) is 0 Å². The second-order valence-electron chi connectivity index (χ2n) is 7.14. The number of rotatable bonds is 3. The predicted octanol–water partition coefficient (Wildman–Crippen LogP) is 2.00. The first kappa shape index (κ1) is 16.5. The van der Waals surface area contributed by atoms with Crippen LogP contribution in [0.15, 0.2) is 24.3 Å². The van der Waals surface area contributed by atoms with E-state index in [0.717, 1.165) is 62.1 Å². The summed E-state index contributed by atoms with van der Waals surface area (Å²) in [5.74, 6) is 2.06. The van der Waals surface area contributed by atoms with Crippen molar-refractivity contribution in [1.82, 2.24) is 14.9 Å². The van der Waals surface area contributed by atoms with Crippen LogP contribution in [0, 0.1) is 0 Å². The first-order valence-electron chi connectivity index (χ1n) is 9.23. The molecular formula is C19H27N5O. The van der Waals surface area contributed by atoms with Crippen molar-refractivity contribution in [3.05, 3.63) is 24.3 Å². The smallest absolute Gasteiger partial charge is 0.172 e. The molecule has 0 N–H and O–H groups in total. The van der Waals surface area contributed by atoms with Gasteiger partial charge in [0, 0.05) is 32.2 Å². The topological polar surface area (TPSA) is 44.7 Å². The molecule has 6 heteroatoms. The van der Waals surface area contributed by atoms with Crippen LogP contribution in [-0.2, 0) is 4.74 Å². The van der Waals surface area contributed by atoms with Gasteiger partial charge in [-0.25, -0.2) is 9.97 Å². The molecule has 3 heterocycles.